The molecule has 0 saturated heterocycles. The van der Waals surface area contributed by atoms with Crippen LogP contribution >= 0.6 is 0 Å². The summed E-state index contributed by atoms with van der Waals surface area (Å²) in [5, 5.41) is 13.1. The second-order valence-electron chi connectivity index (χ2n) is 3.60. The van der Waals surface area contributed by atoms with Crippen LogP contribution in [0.15, 0.2) is 10.7 Å². The molecule has 16 heavy (non-hydrogen) atoms. The lowest BCUT2D eigenvalue weighted by Gasteiger charge is -2.02. The molecule has 2 rings (SSSR count). The van der Waals surface area contributed by atoms with Crippen LogP contribution in [0.2, 0.25) is 0 Å². The third-order valence-electron chi connectivity index (χ3n) is 2.32. The Morgan fingerprint density at radius 2 is 2.19 bits per heavy atom. The summed E-state index contributed by atoms with van der Waals surface area (Å²) in [7, 11) is 0. The van der Waals surface area contributed by atoms with Crippen molar-refractivity contribution in [2.45, 2.75) is 20.8 Å². The Morgan fingerprint density at radius 1 is 1.44 bits per heavy atom. The number of anilines is 1. The maximum Gasteiger partial charge on any atom is 0.294 e. The third kappa shape index (κ3) is 1.69. The number of nitrogens with one attached hydrogen (secondary N) is 2. The number of hydrogen-bond donors (Lipinski definition) is 2. The van der Waals surface area contributed by atoms with Crippen molar-refractivity contribution in [3.05, 3.63) is 28.9 Å². The molecule has 0 spiro atoms. The summed E-state index contributed by atoms with van der Waals surface area (Å²) in [4.78, 5) is 11.8. The Morgan fingerprint density at radius 3 is 2.69 bits per heavy atom. The van der Waals surface area contributed by atoms with Gasteiger partial charge in [-0.15, -0.1) is 0 Å². The van der Waals surface area contributed by atoms with Gasteiger partial charge in [0.1, 0.15) is 0 Å². The fourth-order valence-corrected chi connectivity index (χ4v) is 1.41. The van der Waals surface area contributed by atoms with E-state index in [1.165, 1.54) is 6.20 Å². The molecule has 0 radical (unpaired) electrons. The molecule has 2 aromatic heterocycles. The minimum absolute atomic E-state index is 0.222. The second kappa shape index (κ2) is 3.80. The molecule has 0 saturated carbocycles. The van der Waals surface area contributed by atoms with Gasteiger partial charge in [-0.2, -0.15) is 5.10 Å². The zero-order chi connectivity index (χ0) is 11.7. The molecule has 0 atom stereocenters. The molecule has 2 heterocycles. The molecule has 0 aliphatic carbocycles. The first-order valence-electron chi connectivity index (χ1n) is 4.83. The lowest BCUT2D eigenvalue weighted by Crippen LogP contribution is -2.13. The van der Waals surface area contributed by atoms with Crippen LogP contribution in [0, 0.1) is 20.8 Å². The molecule has 2 aromatic rings. The highest BCUT2D eigenvalue weighted by atomic mass is 16.5. The summed E-state index contributed by atoms with van der Waals surface area (Å²) >= 11 is 0. The van der Waals surface area contributed by atoms with Crippen molar-refractivity contribution in [3.63, 3.8) is 0 Å². The molecule has 0 aliphatic heterocycles. The average molecular weight is 220 g/mol. The van der Waals surface area contributed by atoms with Crippen LogP contribution in [0.3, 0.4) is 0 Å². The largest absolute Gasteiger partial charge is 0.351 e. The van der Waals surface area contributed by atoms with Crippen molar-refractivity contribution < 1.29 is 9.32 Å². The first-order valence-corrected chi connectivity index (χ1v) is 4.83. The Bertz CT molecular complexity index is 507. The van der Waals surface area contributed by atoms with E-state index >= 15 is 0 Å². The van der Waals surface area contributed by atoms with Gasteiger partial charge in [0.15, 0.2) is 0 Å². The molecule has 0 bridgehead atoms. The zero-order valence-corrected chi connectivity index (χ0v) is 9.29. The maximum absolute atomic E-state index is 11.8. The number of hydrogen-bond acceptors (Lipinski definition) is 4. The maximum atomic E-state index is 11.8. The van der Waals surface area contributed by atoms with E-state index in [1.54, 1.807) is 6.92 Å². The molecule has 0 fully saturated rings. The highest BCUT2D eigenvalue weighted by Gasteiger charge is 2.17. The van der Waals surface area contributed by atoms with Crippen molar-refractivity contribution in [1.82, 2.24) is 15.4 Å². The molecule has 1 amide bonds. The first kappa shape index (κ1) is 10.4. The molecule has 6 nitrogen and oxygen atoms in total. The number of amides is 1. The lowest BCUT2D eigenvalue weighted by molar-refractivity contribution is 0.0987. The molecule has 2 N–H and O–H groups in total. The van der Waals surface area contributed by atoms with Crippen LogP contribution in [0.25, 0.3) is 0 Å². The van der Waals surface area contributed by atoms with Crippen LogP contribution in [0.4, 0.5) is 5.69 Å². The van der Waals surface area contributed by atoms with Crippen molar-refractivity contribution >= 4 is 11.6 Å². The van der Waals surface area contributed by atoms with Crippen LogP contribution in [0.5, 0.6) is 0 Å². The SMILES string of the molecule is Cc1cnoc1C(=O)Nc1c(C)n[nH]c1C. The number of aromatic nitrogens is 3. The van der Waals surface area contributed by atoms with Gasteiger partial charge in [-0.3, -0.25) is 9.89 Å². The highest BCUT2D eigenvalue weighted by Crippen LogP contribution is 2.17. The van der Waals surface area contributed by atoms with Gasteiger partial charge in [0, 0.05) is 5.56 Å². The van der Waals surface area contributed by atoms with Crippen LogP contribution in [-0.4, -0.2) is 21.3 Å². The van der Waals surface area contributed by atoms with E-state index in [-0.39, 0.29) is 11.7 Å². The van der Waals surface area contributed by atoms with E-state index in [9.17, 15) is 4.79 Å². The number of carbonyl (C=O) groups excluding carboxylic acids is 1. The second-order valence-corrected chi connectivity index (χ2v) is 3.60. The van der Waals surface area contributed by atoms with Crippen molar-refractivity contribution in [3.8, 4) is 0 Å². The van der Waals surface area contributed by atoms with Crippen LogP contribution < -0.4 is 5.32 Å². The van der Waals surface area contributed by atoms with Gasteiger partial charge in [0.2, 0.25) is 5.76 Å². The average Bonchev–Trinajstić information content (AvgIpc) is 2.79. The van der Waals surface area contributed by atoms with Gasteiger partial charge in [-0.25, -0.2) is 0 Å². The van der Waals surface area contributed by atoms with Gasteiger partial charge >= 0.3 is 0 Å². The quantitative estimate of drug-likeness (QED) is 0.804. The van der Waals surface area contributed by atoms with Gasteiger partial charge in [-0.1, -0.05) is 5.16 Å². The summed E-state index contributed by atoms with van der Waals surface area (Å²) in [6.07, 6.45) is 1.50. The summed E-state index contributed by atoms with van der Waals surface area (Å²) in [6.45, 7) is 5.41. The molecule has 0 aliphatic rings. The van der Waals surface area contributed by atoms with Crippen molar-refractivity contribution in [2.75, 3.05) is 5.32 Å². The summed E-state index contributed by atoms with van der Waals surface area (Å²) in [5.41, 5.74) is 2.93. The fourth-order valence-electron chi connectivity index (χ4n) is 1.41. The predicted molar refractivity (Wildman–Crippen MR) is 57.3 cm³/mol. The number of aromatic amines is 1. The number of H-pyrrole nitrogens is 1. The van der Waals surface area contributed by atoms with E-state index in [0.717, 1.165) is 11.4 Å². The molecule has 84 valence electrons. The lowest BCUT2D eigenvalue weighted by atomic mass is 10.2. The molecular formula is C10H12N4O2. The number of rotatable bonds is 2. The van der Waals surface area contributed by atoms with Crippen LogP contribution in [-0.2, 0) is 0 Å². The minimum atomic E-state index is -0.317. The predicted octanol–water partition coefficient (Wildman–Crippen LogP) is 1.58. The van der Waals surface area contributed by atoms with Gasteiger partial charge in [0.25, 0.3) is 5.91 Å². The Balaban J connectivity index is 2.24. The zero-order valence-electron chi connectivity index (χ0n) is 9.29. The Labute approximate surface area is 92.0 Å². The summed E-state index contributed by atoms with van der Waals surface area (Å²) < 4.78 is 4.86. The summed E-state index contributed by atoms with van der Waals surface area (Å²) in [5.74, 6) is -0.0948. The first-order chi connectivity index (χ1) is 7.59. The topological polar surface area (TPSA) is 83.8 Å². The minimum Gasteiger partial charge on any atom is -0.351 e. The molecule has 6 heteroatoms. The number of aryl methyl sites for hydroxylation is 3. The van der Waals surface area contributed by atoms with E-state index in [4.69, 9.17) is 4.52 Å². The van der Waals surface area contributed by atoms with Crippen molar-refractivity contribution in [2.24, 2.45) is 0 Å². The van der Waals surface area contributed by atoms with E-state index in [0.29, 0.717) is 11.3 Å². The number of carbonyl (C=O) groups is 1. The van der Waals surface area contributed by atoms with Gasteiger partial charge < -0.3 is 9.84 Å². The highest BCUT2D eigenvalue weighted by molar-refractivity contribution is 6.03. The normalized spacial score (nSPS) is 10.4. The third-order valence-corrected chi connectivity index (χ3v) is 2.32. The van der Waals surface area contributed by atoms with E-state index in [2.05, 4.69) is 20.7 Å². The van der Waals surface area contributed by atoms with E-state index in [1.807, 2.05) is 13.8 Å². The summed E-state index contributed by atoms with van der Waals surface area (Å²) in [6, 6.07) is 0. The molecule has 0 unspecified atom stereocenters. The standard InChI is InChI=1S/C10H12N4O2/c1-5-4-11-16-9(5)10(15)12-8-6(2)13-14-7(8)3/h4H,1-3H3,(H,12,15)(H,13,14). The molecule has 0 aromatic carbocycles. The smallest absolute Gasteiger partial charge is 0.294 e. The Hall–Kier alpha value is -2.11. The number of nitrogens with zero attached hydrogens (tertiary/aromatic N) is 2. The van der Waals surface area contributed by atoms with E-state index < -0.39 is 0 Å². The van der Waals surface area contributed by atoms with Crippen LogP contribution in [0.1, 0.15) is 27.5 Å². The monoisotopic (exact) mass is 220 g/mol. The van der Waals surface area contributed by atoms with Gasteiger partial charge in [0.05, 0.1) is 23.3 Å². The van der Waals surface area contributed by atoms with Crippen molar-refractivity contribution in [1.29, 1.82) is 0 Å². The fraction of sp³-hybridized carbons (Fsp3) is 0.300. The van der Waals surface area contributed by atoms with Gasteiger partial charge in [-0.05, 0) is 20.8 Å². The Kier molecular flexibility index (Phi) is 2.47. The molecular weight excluding hydrogens is 208 g/mol.